The molecule has 0 bridgehead atoms. The van der Waals surface area contributed by atoms with Crippen LogP contribution in [0.4, 0.5) is 4.79 Å². The Labute approximate surface area is 121 Å². The maximum atomic E-state index is 12.0. The van der Waals surface area contributed by atoms with Crippen LogP contribution in [0, 0.1) is 5.92 Å². The summed E-state index contributed by atoms with van der Waals surface area (Å²) in [6.45, 7) is 7.61. The summed E-state index contributed by atoms with van der Waals surface area (Å²) in [6.07, 6.45) is 0.186. The molecule has 1 aromatic rings. The first kappa shape index (κ1) is 16.5. The lowest BCUT2D eigenvalue weighted by Crippen LogP contribution is -2.37. The molecule has 0 unspecified atom stereocenters. The standard InChI is InChI=1S/C16H25NO3/c1-12(10-11-18)14(13-8-6-5-7-9-13)17-15(19)20-16(2,3)4/h5-9,12,14,18H,10-11H2,1-4H3,(H,17,19)/t12-,14+/m1/s1. The molecule has 0 aromatic heterocycles. The molecule has 1 rings (SSSR count). The number of hydrogen-bond donors (Lipinski definition) is 2. The number of nitrogens with one attached hydrogen (secondary N) is 1. The van der Waals surface area contributed by atoms with Crippen molar-refractivity contribution in [3.63, 3.8) is 0 Å². The van der Waals surface area contributed by atoms with Crippen LogP contribution in [0.1, 0.15) is 45.7 Å². The lowest BCUT2D eigenvalue weighted by Gasteiger charge is -2.27. The van der Waals surface area contributed by atoms with Crippen LogP contribution in [-0.2, 0) is 4.74 Å². The molecular weight excluding hydrogens is 254 g/mol. The molecule has 0 radical (unpaired) electrons. The number of aliphatic hydroxyl groups excluding tert-OH is 1. The van der Waals surface area contributed by atoms with Gasteiger partial charge in [0.1, 0.15) is 5.60 Å². The van der Waals surface area contributed by atoms with Gasteiger partial charge in [0.25, 0.3) is 0 Å². The van der Waals surface area contributed by atoms with Crippen molar-refractivity contribution in [3.8, 4) is 0 Å². The van der Waals surface area contributed by atoms with Gasteiger partial charge >= 0.3 is 6.09 Å². The Bertz CT molecular complexity index is 411. The van der Waals surface area contributed by atoms with Crippen molar-refractivity contribution in [2.75, 3.05) is 6.61 Å². The molecular formula is C16H25NO3. The molecule has 4 heteroatoms. The second-order valence-corrected chi connectivity index (χ2v) is 6.02. The fourth-order valence-corrected chi connectivity index (χ4v) is 2.02. The average Bonchev–Trinajstić information content (AvgIpc) is 2.35. The number of hydrogen-bond acceptors (Lipinski definition) is 3. The Balaban J connectivity index is 2.81. The van der Waals surface area contributed by atoms with Crippen LogP contribution >= 0.6 is 0 Å². The lowest BCUT2D eigenvalue weighted by molar-refractivity contribution is 0.0481. The molecule has 0 fully saturated rings. The lowest BCUT2D eigenvalue weighted by atomic mass is 9.92. The first-order chi connectivity index (χ1) is 9.33. The zero-order valence-electron chi connectivity index (χ0n) is 12.7. The van der Waals surface area contributed by atoms with Crippen LogP contribution in [-0.4, -0.2) is 23.4 Å². The van der Waals surface area contributed by atoms with Gasteiger partial charge in [-0.25, -0.2) is 4.79 Å². The number of amides is 1. The van der Waals surface area contributed by atoms with Crippen LogP contribution < -0.4 is 5.32 Å². The van der Waals surface area contributed by atoms with Crippen LogP contribution in [0.15, 0.2) is 30.3 Å². The number of aliphatic hydroxyl groups is 1. The number of benzene rings is 1. The normalized spacial score (nSPS) is 14.4. The molecule has 2 atom stereocenters. The van der Waals surface area contributed by atoms with Crippen LogP contribution in [0.3, 0.4) is 0 Å². The van der Waals surface area contributed by atoms with E-state index in [1.807, 2.05) is 58.0 Å². The molecule has 4 nitrogen and oxygen atoms in total. The molecule has 112 valence electrons. The van der Waals surface area contributed by atoms with Gasteiger partial charge in [-0.1, -0.05) is 37.3 Å². The van der Waals surface area contributed by atoms with Gasteiger partial charge in [0.2, 0.25) is 0 Å². The van der Waals surface area contributed by atoms with Gasteiger partial charge in [-0.3, -0.25) is 0 Å². The monoisotopic (exact) mass is 279 g/mol. The van der Waals surface area contributed by atoms with Crippen molar-refractivity contribution >= 4 is 6.09 Å². The quantitative estimate of drug-likeness (QED) is 0.869. The molecule has 0 heterocycles. The summed E-state index contributed by atoms with van der Waals surface area (Å²) in [4.78, 5) is 12.0. The SMILES string of the molecule is C[C@H](CCO)[C@H](NC(=O)OC(C)(C)C)c1ccccc1. The average molecular weight is 279 g/mol. The largest absolute Gasteiger partial charge is 0.444 e. The van der Waals surface area contributed by atoms with Gasteiger partial charge in [0, 0.05) is 6.61 Å². The Morgan fingerprint density at radius 2 is 1.90 bits per heavy atom. The van der Waals surface area contributed by atoms with Crippen molar-refractivity contribution in [3.05, 3.63) is 35.9 Å². The van der Waals surface area contributed by atoms with E-state index in [1.165, 1.54) is 0 Å². The molecule has 0 spiro atoms. The Hall–Kier alpha value is -1.55. The minimum Gasteiger partial charge on any atom is -0.444 e. The number of alkyl carbamates (subject to hydrolysis) is 1. The first-order valence-corrected chi connectivity index (χ1v) is 6.99. The smallest absolute Gasteiger partial charge is 0.408 e. The Morgan fingerprint density at radius 3 is 2.40 bits per heavy atom. The number of carbonyl (C=O) groups is 1. The van der Waals surface area contributed by atoms with E-state index in [4.69, 9.17) is 9.84 Å². The minimum atomic E-state index is -0.522. The third-order valence-electron chi connectivity index (χ3n) is 2.98. The van der Waals surface area contributed by atoms with Crippen LogP contribution in [0.25, 0.3) is 0 Å². The summed E-state index contributed by atoms with van der Waals surface area (Å²) < 4.78 is 5.31. The van der Waals surface area contributed by atoms with Crippen molar-refractivity contribution in [2.24, 2.45) is 5.92 Å². The molecule has 1 aromatic carbocycles. The van der Waals surface area contributed by atoms with Gasteiger partial charge in [-0.15, -0.1) is 0 Å². The molecule has 0 aliphatic carbocycles. The predicted octanol–water partition coefficient (Wildman–Crippen LogP) is 3.27. The first-order valence-electron chi connectivity index (χ1n) is 6.99. The zero-order valence-corrected chi connectivity index (χ0v) is 12.7. The summed E-state index contributed by atoms with van der Waals surface area (Å²) in [6, 6.07) is 9.57. The predicted molar refractivity (Wildman–Crippen MR) is 79.4 cm³/mol. The van der Waals surface area contributed by atoms with Crippen molar-refractivity contribution in [2.45, 2.75) is 45.8 Å². The fourth-order valence-electron chi connectivity index (χ4n) is 2.02. The number of ether oxygens (including phenoxy) is 1. The molecule has 0 aliphatic rings. The molecule has 2 N–H and O–H groups in total. The molecule has 0 aliphatic heterocycles. The van der Waals surface area contributed by atoms with Crippen LogP contribution in [0.2, 0.25) is 0 Å². The van der Waals surface area contributed by atoms with E-state index < -0.39 is 11.7 Å². The topological polar surface area (TPSA) is 58.6 Å². The van der Waals surface area contributed by atoms with Crippen molar-refractivity contribution < 1.29 is 14.6 Å². The highest BCUT2D eigenvalue weighted by atomic mass is 16.6. The summed E-state index contributed by atoms with van der Waals surface area (Å²) in [5.41, 5.74) is 0.491. The maximum Gasteiger partial charge on any atom is 0.408 e. The highest BCUT2D eigenvalue weighted by Gasteiger charge is 2.24. The molecule has 0 saturated carbocycles. The summed E-state index contributed by atoms with van der Waals surface area (Å²) in [5.74, 6) is 0.120. The summed E-state index contributed by atoms with van der Waals surface area (Å²) in [7, 11) is 0. The van der Waals surface area contributed by atoms with E-state index in [1.54, 1.807) is 0 Å². The van der Waals surface area contributed by atoms with E-state index in [0.717, 1.165) is 5.56 Å². The Kier molecular flexibility index (Phi) is 6.02. The van der Waals surface area contributed by atoms with Gasteiger partial charge in [-0.2, -0.15) is 0 Å². The minimum absolute atomic E-state index is 0.0977. The summed E-state index contributed by atoms with van der Waals surface area (Å²) in [5, 5.41) is 12.0. The van der Waals surface area contributed by atoms with E-state index in [2.05, 4.69) is 5.32 Å². The van der Waals surface area contributed by atoms with Gasteiger partial charge < -0.3 is 15.2 Å². The Morgan fingerprint density at radius 1 is 1.30 bits per heavy atom. The number of carbonyl (C=O) groups excluding carboxylic acids is 1. The maximum absolute atomic E-state index is 12.0. The number of rotatable bonds is 5. The van der Waals surface area contributed by atoms with E-state index in [9.17, 15) is 4.79 Å². The third kappa shape index (κ3) is 5.61. The fraction of sp³-hybridized carbons (Fsp3) is 0.562. The molecule has 20 heavy (non-hydrogen) atoms. The molecule has 0 saturated heterocycles. The van der Waals surface area contributed by atoms with Crippen LogP contribution in [0.5, 0.6) is 0 Å². The zero-order chi connectivity index (χ0) is 15.2. The molecule has 1 amide bonds. The van der Waals surface area contributed by atoms with Crippen molar-refractivity contribution in [1.29, 1.82) is 0 Å². The van der Waals surface area contributed by atoms with E-state index >= 15 is 0 Å². The third-order valence-corrected chi connectivity index (χ3v) is 2.98. The van der Waals surface area contributed by atoms with Gasteiger partial charge in [0.15, 0.2) is 0 Å². The van der Waals surface area contributed by atoms with Crippen molar-refractivity contribution in [1.82, 2.24) is 5.32 Å². The summed E-state index contributed by atoms with van der Waals surface area (Å²) >= 11 is 0. The second kappa shape index (κ2) is 7.29. The van der Waals surface area contributed by atoms with E-state index in [0.29, 0.717) is 6.42 Å². The highest BCUT2D eigenvalue weighted by Crippen LogP contribution is 2.24. The highest BCUT2D eigenvalue weighted by molar-refractivity contribution is 5.68. The second-order valence-electron chi connectivity index (χ2n) is 6.02. The van der Waals surface area contributed by atoms with Gasteiger partial charge in [0.05, 0.1) is 6.04 Å². The van der Waals surface area contributed by atoms with E-state index in [-0.39, 0.29) is 18.6 Å². The van der Waals surface area contributed by atoms with Gasteiger partial charge in [-0.05, 0) is 38.7 Å².